The summed E-state index contributed by atoms with van der Waals surface area (Å²) in [5, 5.41) is 2.05. The van der Waals surface area contributed by atoms with E-state index in [0.29, 0.717) is 40.0 Å². The smallest absolute Gasteiger partial charge is 0.227 e. The van der Waals surface area contributed by atoms with Gasteiger partial charge in [-0.2, -0.15) is 0 Å². The monoisotopic (exact) mass is 644 g/mol. The molecule has 0 unspecified atom stereocenters. The molecule has 0 saturated heterocycles. The lowest BCUT2D eigenvalue weighted by Gasteiger charge is -2.12. The second-order valence-electron chi connectivity index (χ2n) is 11.9. The van der Waals surface area contributed by atoms with Crippen molar-refractivity contribution >= 4 is 44.1 Å². The highest BCUT2D eigenvalue weighted by molar-refractivity contribution is 6.13. The molecule has 0 spiro atoms. The van der Waals surface area contributed by atoms with Crippen LogP contribution in [-0.2, 0) is 0 Å². The molecule has 0 atom stereocenters. The standard InChI is InChI=1S/C42H24N6O2/c1-3-10-25(11-4-1)39-46-40(26-12-5-2-6-13-26)48-41(47-39)32-19-18-29(35-36(32)44-23-22-43-35)27-14-9-15-28(24-27)42-45-33-21-20-31-30-16-7-8-17-34(30)49-37(31)38(33)50-42/h1-24H. The zero-order valence-corrected chi connectivity index (χ0v) is 26.4. The normalized spacial score (nSPS) is 11.6. The molecule has 0 amide bonds. The van der Waals surface area contributed by atoms with Crippen LogP contribution in [0.3, 0.4) is 0 Å². The van der Waals surface area contributed by atoms with Crippen LogP contribution < -0.4 is 0 Å². The molecule has 10 rings (SSSR count). The van der Waals surface area contributed by atoms with Crippen molar-refractivity contribution in [3.05, 3.63) is 146 Å². The van der Waals surface area contributed by atoms with Gasteiger partial charge < -0.3 is 8.83 Å². The topological polar surface area (TPSA) is 104 Å². The summed E-state index contributed by atoms with van der Waals surface area (Å²) in [7, 11) is 0. The lowest BCUT2D eigenvalue weighted by molar-refractivity contribution is 0.603. The van der Waals surface area contributed by atoms with E-state index in [1.165, 1.54) is 0 Å². The van der Waals surface area contributed by atoms with E-state index in [9.17, 15) is 0 Å². The highest BCUT2D eigenvalue weighted by Crippen LogP contribution is 2.38. The Bertz CT molecular complexity index is 2820. The third-order valence-electron chi connectivity index (χ3n) is 8.89. The minimum atomic E-state index is 0.508. The van der Waals surface area contributed by atoms with Crippen LogP contribution in [-0.4, -0.2) is 29.9 Å². The predicted octanol–water partition coefficient (Wildman–Crippen LogP) is 10.2. The molecular weight excluding hydrogens is 621 g/mol. The van der Waals surface area contributed by atoms with Crippen molar-refractivity contribution in [3.8, 4) is 56.7 Å². The van der Waals surface area contributed by atoms with E-state index in [0.717, 1.165) is 60.8 Å². The van der Waals surface area contributed by atoms with Gasteiger partial charge in [-0.25, -0.2) is 19.9 Å². The van der Waals surface area contributed by atoms with E-state index in [4.69, 9.17) is 38.7 Å². The van der Waals surface area contributed by atoms with Gasteiger partial charge in [0.05, 0.1) is 5.52 Å². The molecule has 0 saturated carbocycles. The van der Waals surface area contributed by atoms with Gasteiger partial charge >= 0.3 is 0 Å². The average Bonchev–Trinajstić information content (AvgIpc) is 3.80. The lowest BCUT2D eigenvalue weighted by Crippen LogP contribution is -2.01. The molecule has 8 nitrogen and oxygen atoms in total. The molecule has 0 bridgehead atoms. The fourth-order valence-corrected chi connectivity index (χ4v) is 6.51. The third-order valence-corrected chi connectivity index (χ3v) is 8.89. The number of fused-ring (bicyclic) bond motifs is 6. The number of benzene rings is 6. The molecule has 4 heterocycles. The van der Waals surface area contributed by atoms with Gasteiger partial charge in [-0.3, -0.25) is 9.97 Å². The molecule has 50 heavy (non-hydrogen) atoms. The summed E-state index contributed by atoms with van der Waals surface area (Å²) in [6.07, 6.45) is 3.40. The first-order valence-corrected chi connectivity index (χ1v) is 16.2. The summed E-state index contributed by atoms with van der Waals surface area (Å²) >= 11 is 0. The van der Waals surface area contributed by atoms with Gasteiger partial charge in [0.15, 0.2) is 28.6 Å². The molecular formula is C42H24N6O2. The van der Waals surface area contributed by atoms with Gasteiger partial charge in [-0.05, 0) is 42.0 Å². The molecule has 0 N–H and O–H groups in total. The Labute approximate surface area is 284 Å². The number of furan rings is 1. The van der Waals surface area contributed by atoms with Crippen LogP contribution in [0.1, 0.15) is 0 Å². The number of oxazole rings is 1. The maximum atomic E-state index is 6.39. The van der Waals surface area contributed by atoms with Crippen LogP contribution in [0.15, 0.2) is 155 Å². The van der Waals surface area contributed by atoms with E-state index >= 15 is 0 Å². The molecule has 8 heteroatoms. The number of rotatable bonds is 5. The fraction of sp³-hybridized carbons (Fsp3) is 0. The van der Waals surface area contributed by atoms with Crippen molar-refractivity contribution in [2.75, 3.05) is 0 Å². The van der Waals surface area contributed by atoms with Crippen LogP contribution in [0, 0.1) is 0 Å². The fourth-order valence-electron chi connectivity index (χ4n) is 6.51. The maximum absolute atomic E-state index is 6.39. The van der Waals surface area contributed by atoms with E-state index in [1.807, 2.05) is 115 Å². The summed E-state index contributed by atoms with van der Waals surface area (Å²) in [5.74, 6) is 2.20. The maximum Gasteiger partial charge on any atom is 0.227 e. The number of nitrogens with zero attached hydrogens (tertiary/aromatic N) is 6. The van der Waals surface area contributed by atoms with E-state index in [2.05, 4.69) is 18.2 Å². The van der Waals surface area contributed by atoms with Crippen LogP contribution in [0.25, 0.3) is 101 Å². The van der Waals surface area contributed by atoms with E-state index in [1.54, 1.807) is 12.4 Å². The Balaban J connectivity index is 1.10. The van der Waals surface area contributed by atoms with E-state index < -0.39 is 0 Å². The van der Waals surface area contributed by atoms with E-state index in [-0.39, 0.29) is 0 Å². The summed E-state index contributed by atoms with van der Waals surface area (Å²) in [4.78, 5) is 29.2. The van der Waals surface area contributed by atoms with Crippen LogP contribution >= 0.6 is 0 Å². The third kappa shape index (κ3) is 4.62. The zero-order chi connectivity index (χ0) is 33.0. The van der Waals surface area contributed by atoms with Crippen LogP contribution in [0.4, 0.5) is 0 Å². The second kappa shape index (κ2) is 11.3. The molecule has 0 fully saturated rings. The molecule has 0 aliphatic rings. The van der Waals surface area contributed by atoms with Gasteiger partial charge in [0, 0.05) is 51.0 Å². The first-order valence-electron chi connectivity index (χ1n) is 16.2. The van der Waals surface area contributed by atoms with Crippen molar-refractivity contribution in [1.82, 2.24) is 29.9 Å². The minimum Gasteiger partial charge on any atom is -0.452 e. The number of hydrogen-bond acceptors (Lipinski definition) is 8. The number of aromatic nitrogens is 6. The highest BCUT2D eigenvalue weighted by Gasteiger charge is 2.19. The molecule has 0 aliphatic carbocycles. The van der Waals surface area contributed by atoms with Crippen molar-refractivity contribution in [2.45, 2.75) is 0 Å². The molecule has 10 aromatic rings. The molecule has 0 aliphatic heterocycles. The second-order valence-corrected chi connectivity index (χ2v) is 11.9. The Hall–Kier alpha value is -7.06. The Morgan fingerprint density at radius 1 is 0.400 bits per heavy atom. The Kier molecular flexibility index (Phi) is 6.32. The van der Waals surface area contributed by atoms with Gasteiger partial charge in [-0.1, -0.05) is 97.1 Å². The minimum absolute atomic E-state index is 0.508. The Morgan fingerprint density at radius 3 is 1.78 bits per heavy atom. The lowest BCUT2D eigenvalue weighted by atomic mass is 9.99. The van der Waals surface area contributed by atoms with Crippen molar-refractivity contribution in [3.63, 3.8) is 0 Å². The summed E-state index contributed by atoms with van der Waals surface area (Å²) in [6, 6.07) is 44.0. The highest BCUT2D eigenvalue weighted by atomic mass is 16.4. The molecule has 4 aromatic heterocycles. The zero-order valence-electron chi connectivity index (χ0n) is 26.4. The average molecular weight is 645 g/mol. The van der Waals surface area contributed by atoms with Crippen molar-refractivity contribution in [1.29, 1.82) is 0 Å². The molecule has 234 valence electrons. The van der Waals surface area contributed by atoms with Gasteiger partial charge in [0.25, 0.3) is 0 Å². The number of hydrogen-bond donors (Lipinski definition) is 0. The van der Waals surface area contributed by atoms with Gasteiger partial charge in [0.1, 0.15) is 16.6 Å². The summed E-state index contributed by atoms with van der Waals surface area (Å²) < 4.78 is 12.6. The first kappa shape index (κ1) is 28.0. The quantitative estimate of drug-likeness (QED) is 0.182. The van der Waals surface area contributed by atoms with Crippen LogP contribution in [0.2, 0.25) is 0 Å². The van der Waals surface area contributed by atoms with Crippen molar-refractivity contribution < 1.29 is 8.83 Å². The number of para-hydroxylation sites is 1. The first-order chi connectivity index (χ1) is 24.8. The van der Waals surface area contributed by atoms with Gasteiger partial charge in [0.2, 0.25) is 5.89 Å². The predicted molar refractivity (Wildman–Crippen MR) is 195 cm³/mol. The Morgan fingerprint density at radius 2 is 1.02 bits per heavy atom. The largest absolute Gasteiger partial charge is 0.452 e. The summed E-state index contributed by atoms with van der Waals surface area (Å²) in [5.41, 5.74) is 9.55. The molecule has 0 radical (unpaired) electrons. The summed E-state index contributed by atoms with van der Waals surface area (Å²) in [6.45, 7) is 0. The van der Waals surface area contributed by atoms with Gasteiger partial charge in [-0.15, -0.1) is 0 Å². The molecule has 6 aromatic carbocycles. The van der Waals surface area contributed by atoms with Crippen molar-refractivity contribution in [2.24, 2.45) is 0 Å². The van der Waals surface area contributed by atoms with Crippen LogP contribution in [0.5, 0.6) is 0 Å². The SMILES string of the molecule is c1ccc(-c2nc(-c3ccccc3)nc(-c3ccc(-c4cccc(-c5nc6ccc7c8ccccc8oc7c6o5)c4)c4nccnc34)n2)cc1.